The molecular formula is C30H34NP. The Labute approximate surface area is 194 Å². The Hall–Kier alpha value is -2.11. The highest BCUT2D eigenvalue weighted by atomic mass is 31.1. The van der Waals surface area contributed by atoms with E-state index in [1.54, 1.807) is 39.1 Å². The maximum Gasteiger partial charge on any atom is 0.0838 e. The van der Waals surface area contributed by atoms with Crippen molar-refractivity contribution >= 4 is 13.8 Å². The SMILES string of the molecule is CC(C)c1cc(C(C)C)c(N2C3c4ccccc4C4C(c5ccccc53)P42)c(C(C)C)c1. The second kappa shape index (κ2) is 7.19. The zero-order valence-electron chi connectivity index (χ0n) is 20.1. The van der Waals surface area contributed by atoms with Crippen LogP contribution >= 0.6 is 8.07 Å². The first-order valence-electron chi connectivity index (χ1n) is 12.3. The fourth-order valence-electron chi connectivity index (χ4n) is 6.16. The molecule has 1 fully saturated rings. The molecule has 0 aliphatic carbocycles. The van der Waals surface area contributed by atoms with Gasteiger partial charge in [-0.25, -0.2) is 0 Å². The molecule has 3 heterocycles. The third-order valence-electron chi connectivity index (χ3n) is 7.82. The summed E-state index contributed by atoms with van der Waals surface area (Å²) in [4.78, 5) is 0. The first-order chi connectivity index (χ1) is 15.4. The zero-order chi connectivity index (χ0) is 22.3. The van der Waals surface area contributed by atoms with E-state index in [0.29, 0.717) is 35.1 Å². The van der Waals surface area contributed by atoms with Gasteiger partial charge in [0.15, 0.2) is 0 Å². The number of hydrogen-bond acceptors (Lipinski definition) is 1. The molecule has 3 aliphatic heterocycles. The number of fused-ring (bicyclic) bond motifs is 8. The van der Waals surface area contributed by atoms with Crippen LogP contribution in [0.1, 0.15) is 116 Å². The minimum absolute atomic E-state index is 0.225. The summed E-state index contributed by atoms with van der Waals surface area (Å²) in [5, 5.41) is 0. The van der Waals surface area contributed by atoms with Crippen LogP contribution in [0.3, 0.4) is 0 Å². The van der Waals surface area contributed by atoms with Crippen molar-refractivity contribution in [2.75, 3.05) is 4.67 Å². The first-order valence-corrected chi connectivity index (χ1v) is 13.8. The van der Waals surface area contributed by atoms with Crippen molar-refractivity contribution in [3.8, 4) is 0 Å². The molecule has 6 rings (SSSR count). The van der Waals surface area contributed by atoms with E-state index in [4.69, 9.17) is 0 Å². The smallest absolute Gasteiger partial charge is 0.0838 e. The second-order valence-corrected chi connectivity index (χ2v) is 13.1. The number of hydrogen-bond donors (Lipinski definition) is 0. The van der Waals surface area contributed by atoms with Crippen molar-refractivity contribution in [3.63, 3.8) is 0 Å². The van der Waals surface area contributed by atoms with E-state index in [1.165, 1.54) is 5.56 Å². The highest BCUT2D eigenvalue weighted by molar-refractivity contribution is 7.68. The molecule has 3 aromatic carbocycles. The Morgan fingerprint density at radius 3 is 1.47 bits per heavy atom. The summed E-state index contributed by atoms with van der Waals surface area (Å²) in [5.41, 5.74) is 13.9. The Kier molecular flexibility index (Phi) is 4.61. The van der Waals surface area contributed by atoms with Crippen molar-refractivity contribution in [1.82, 2.24) is 0 Å². The van der Waals surface area contributed by atoms with Gasteiger partial charge in [0.25, 0.3) is 0 Å². The highest BCUT2D eigenvalue weighted by Crippen LogP contribution is 2.92. The predicted octanol–water partition coefficient (Wildman–Crippen LogP) is 9.17. The van der Waals surface area contributed by atoms with E-state index >= 15 is 0 Å². The van der Waals surface area contributed by atoms with Crippen LogP contribution < -0.4 is 4.67 Å². The summed E-state index contributed by atoms with van der Waals surface area (Å²) < 4.78 is 2.93. The van der Waals surface area contributed by atoms with Gasteiger partial charge in [-0.05, 0) is 56.7 Å². The topological polar surface area (TPSA) is 3.24 Å². The van der Waals surface area contributed by atoms with Crippen molar-refractivity contribution < 1.29 is 0 Å². The lowest BCUT2D eigenvalue weighted by Gasteiger charge is -2.44. The molecule has 0 radical (unpaired) electrons. The third kappa shape index (κ3) is 2.73. The standard InChI is InChI=1S/C30H34NP/c1-17(2)20-15-25(18(3)4)28(26(16-20)19(5)6)31-27-21-11-7-9-13-23(21)29-30(32(29)31)24-14-10-8-12-22(24)27/h7-19,27,29-30H,1-6H3. The molecule has 3 aliphatic rings. The summed E-state index contributed by atoms with van der Waals surface area (Å²) in [5.74, 6) is 1.58. The predicted molar refractivity (Wildman–Crippen MR) is 138 cm³/mol. The molecule has 0 N–H and O–H groups in total. The fraction of sp³-hybridized carbons (Fsp3) is 0.400. The van der Waals surface area contributed by atoms with E-state index in [9.17, 15) is 0 Å². The van der Waals surface area contributed by atoms with Crippen molar-refractivity contribution in [2.24, 2.45) is 0 Å². The maximum absolute atomic E-state index is 2.93. The average Bonchev–Trinajstić information content (AvgIpc) is 3.55. The fourth-order valence-corrected chi connectivity index (χ4v) is 9.66. The van der Waals surface area contributed by atoms with Gasteiger partial charge in [0.1, 0.15) is 0 Å². The van der Waals surface area contributed by atoms with Crippen molar-refractivity contribution in [1.29, 1.82) is 0 Å². The molecule has 3 aromatic rings. The molecule has 2 bridgehead atoms. The van der Waals surface area contributed by atoms with Crippen LogP contribution in [-0.4, -0.2) is 0 Å². The van der Waals surface area contributed by atoms with E-state index in [2.05, 4.69) is 107 Å². The number of benzene rings is 3. The average molecular weight is 440 g/mol. The lowest BCUT2D eigenvalue weighted by molar-refractivity contribution is 0.772. The Balaban J connectivity index is 1.65. The number of nitrogens with zero attached hydrogens (tertiary/aromatic N) is 1. The molecule has 1 saturated heterocycles. The third-order valence-corrected chi connectivity index (χ3v) is 10.7. The lowest BCUT2D eigenvalue weighted by Crippen LogP contribution is -2.30. The zero-order valence-corrected chi connectivity index (χ0v) is 21.0. The van der Waals surface area contributed by atoms with Crippen molar-refractivity contribution in [2.45, 2.75) is 76.7 Å². The molecule has 2 unspecified atom stereocenters. The minimum atomic E-state index is -0.225. The quantitative estimate of drug-likeness (QED) is 0.366. The van der Waals surface area contributed by atoms with Crippen LogP contribution in [0.25, 0.3) is 0 Å². The summed E-state index contributed by atoms with van der Waals surface area (Å²) in [6.07, 6.45) is 0. The van der Waals surface area contributed by atoms with Crippen LogP contribution in [-0.2, 0) is 0 Å². The van der Waals surface area contributed by atoms with E-state index in [0.717, 1.165) is 0 Å². The van der Waals surface area contributed by atoms with Crippen LogP contribution in [0.4, 0.5) is 5.69 Å². The van der Waals surface area contributed by atoms with Gasteiger partial charge in [-0.15, -0.1) is 0 Å². The molecule has 2 heteroatoms. The van der Waals surface area contributed by atoms with Gasteiger partial charge in [0.05, 0.1) is 6.04 Å². The summed E-state index contributed by atoms with van der Waals surface area (Å²) >= 11 is 0. The molecule has 0 saturated carbocycles. The molecule has 0 amide bonds. The van der Waals surface area contributed by atoms with Crippen LogP contribution in [0.5, 0.6) is 0 Å². The van der Waals surface area contributed by atoms with Gasteiger partial charge in [0, 0.05) is 25.1 Å². The lowest BCUT2D eigenvalue weighted by atomic mass is 9.86. The van der Waals surface area contributed by atoms with E-state index in [-0.39, 0.29) is 8.07 Å². The Morgan fingerprint density at radius 2 is 1.06 bits per heavy atom. The first kappa shape index (κ1) is 20.5. The maximum atomic E-state index is 2.93. The van der Waals surface area contributed by atoms with Gasteiger partial charge in [-0.2, -0.15) is 0 Å². The molecule has 0 aromatic heterocycles. The van der Waals surface area contributed by atoms with Gasteiger partial charge >= 0.3 is 0 Å². The normalized spacial score (nSPS) is 24.7. The number of anilines is 1. The number of rotatable bonds is 4. The van der Waals surface area contributed by atoms with Gasteiger partial charge < -0.3 is 4.67 Å². The minimum Gasteiger partial charge on any atom is -0.337 e. The summed E-state index contributed by atoms with van der Waals surface area (Å²) in [6.45, 7) is 14.2. The highest BCUT2D eigenvalue weighted by Gasteiger charge is 2.65. The van der Waals surface area contributed by atoms with Crippen LogP contribution in [0.2, 0.25) is 0 Å². The monoisotopic (exact) mass is 439 g/mol. The summed E-state index contributed by atoms with van der Waals surface area (Å²) in [6, 6.07) is 24.1. The molecular weight excluding hydrogens is 405 g/mol. The van der Waals surface area contributed by atoms with Gasteiger partial charge in [0.2, 0.25) is 0 Å². The molecule has 1 nitrogen and oxygen atoms in total. The largest absolute Gasteiger partial charge is 0.337 e. The van der Waals surface area contributed by atoms with Gasteiger partial charge in [-0.1, -0.05) is 102 Å². The van der Waals surface area contributed by atoms with E-state index < -0.39 is 0 Å². The van der Waals surface area contributed by atoms with Crippen LogP contribution in [0, 0.1) is 0 Å². The Bertz CT molecular complexity index is 1120. The molecule has 0 spiro atoms. The molecule has 2 atom stereocenters. The Morgan fingerprint density at radius 1 is 0.625 bits per heavy atom. The van der Waals surface area contributed by atoms with Gasteiger partial charge in [-0.3, -0.25) is 0 Å². The molecule has 32 heavy (non-hydrogen) atoms. The summed E-state index contributed by atoms with van der Waals surface area (Å²) in [7, 11) is -0.225. The van der Waals surface area contributed by atoms with E-state index in [1.807, 2.05) is 0 Å². The van der Waals surface area contributed by atoms with Crippen molar-refractivity contribution in [3.05, 3.63) is 99.6 Å². The second-order valence-electron chi connectivity index (χ2n) is 10.8. The molecule has 164 valence electrons. The van der Waals surface area contributed by atoms with Crippen LogP contribution in [0.15, 0.2) is 60.7 Å².